The van der Waals surface area contributed by atoms with Crippen molar-refractivity contribution in [3.05, 3.63) is 32.7 Å². The van der Waals surface area contributed by atoms with Crippen LogP contribution in [0.25, 0.3) is 16.9 Å². The van der Waals surface area contributed by atoms with Crippen molar-refractivity contribution in [2.45, 2.75) is 40.3 Å². The summed E-state index contributed by atoms with van der Waals surface area (Å²) in [6, 6.07) is 0. The average molecular weight is 361 g/mol. The van der Waals surface area contributed by atoms with Crippen molar-refractivity contribution < 1.29 is 9.53 Å². The van der Waals surface area contributed by atoms with Crippen molar-refractivity contribution in [3.63, 3.8) is 0 Å². The quantitative estimate of drug-likeness (QED) is 0.623. The Balaban J connectivity index is 2.30. The number of ether oxygens (including phenoxy) is 1. The second kappa shape index (κ2) is 6.47. The van der Waals surface area contributed by atoms with Crippen LogP contribution in [0, 0.1) is 12.8 Å². The molecule has 0 bridgehead atoms. The lowest BCUT2D eigenvalue weighted by Gasteiger charge is -2.09. The van der Waals surface area contributed by atoms with E-state index in [-0.39, 0.29) is 17.8 Å². The molecule has 3 rings (SSSR count). The van der Waals surface area contributed by atoms with Gasteiger partial charge in [0.15, 0.2) is 11.2 Å². The molecule has 0 atom stereocenters. The van der Waals surface area contributed by atoms with Crippen molar-refractivity contribution in [2.75, 3.05) is 7.11 Å². The third-order valence-electron chi connectivity index (χ3n) is 4.59. The van der Waals surface area contributed by atoms with Gasteiger partial charge < -0.3 is 9.30 Å². The van der Waals surface area contributed by atoms with Crippen LogP contribution in [-0.2, 0) is 29.7 Å². The second-order valence-corrected chi connectivity index (χ2v) is 6.87. The summed E-state index contributed by atoms with van der Waals surface area (Å²) < 4.78 is 10.7. The Morgan fingerprint density at radius 3 is 2.58 bits per heavy atom. The summed E-state index contributed by atoms with van der Waals surface area (Å²) in [6.45, 7) is 6.25. The highest BCUT2D eigenvalue weighted by Crippen LogP contribution is 2.16. The number of nitrogens with zero attached hydrogens (tertiary/aromatic N) is 5. The first-order valence-electron chi connectivity index (χ1n) is 8.50. The van der Waals surface area contributed by atoms with Crippen molar-refractivity contribution in [3.8, 4) is 0 Å². The monoisotopic (exact) mass is 361 g/mol. The first-order chi connectivity index (χ1) is 12.3. The molecule has 9 nitrogen and oxygen atoms in total. The van der Waals surface area contributed by atoms with E-state index in [0.717, 1.165) is 12.1 Å². The highest BCUT2D eigenvalue weighted by molar-refractivity contribution is 5.77. The summed E-state index contributed by atoms with van der Waals surface area (Å²) in [5.41, 5.74) is 0.639. The summed E-state index contributed by atoms with van der Waals surface area (Å²) in [5.74, 6) is 0.384. The fraction of sp³-hybridized carbons (Fsp3) is 0.529. The Hall–Kier alpha value is -2.84. The second-order valence-electron chi connectivity index (χ2n) is 6.87. The van der Waals surface area contributed by atoms with E-state index in [2.05, 4.69) is 4.98 Å². The number of hydrogen-bond donors (Lipinski definition) is 0. The number of rotatable bonds is 5. The number of fused-ring (bicyclic) bond motifs is 3. The Bertz CT molecular complexity index is 1110. The number of esters is 1. The lowest BCUT2D eigenvalue weighted by molar-refractivity contribution is -0.141. The molecular weight excluding hydrogens is 338 g/mol. The summed E-state index contributed by atoms with van der Waals surface area (Å²) in [6.07, 6.45) is 2.47. The van der Waals surface area contributed by atoms with Crippen LogP contribution in [0.3, 0.4) is 0 Å². The number of hydrogen-bond acceptors (Lipinski definition) is 5. The van der Waals surface area contributed by atoms with E-state index in [9.17, 15) is 14.4 Å². The predicted molar refractivity (Wildman–Crippen MR) is 96.4 cm³/mol. The molecule has 0 aliphatic rings. The van der Waals surface area contributed by atoms with Crippen LogP contribution in [0.1, 0.15) is 26.0 Å². The predicted octanol–water partition coefficient (Wildman–Crippen LogP) is 0.677. The van der Waals surface area contributed by atoms with E-state index < -0.39 is 5.97 Å². The van der Waals surface area contributed by atoms with E-state index >= 15 is 0 Å². The summed E-state index contributed by atoms with van der Waals surface area (Å²) >= 11 is 0. The number of carbonyl (C=O) groups is 1. The molecule has 0 saturated carbocycles. The molecule has 0 aromatic carbocycles. The zero-order valence-corrected chi connectivity index (χ0v) is 15.6. The maximum absolute atomic E-state index is 13.0. The molecule has 0 aliphatic carbocycles. The van der Waals surface area contributed by atoms with Gasteiger partial charge in [0.05, 0.1) is 7.11 Å². The molecule has 0 unspecified atom stereocenters. The number of aryl methyl sites for hydroxylation is 2. The van der Waals surface area contributed by atoms with Gasteiger partial charge in [-0.2, -0.15) is 4.98 Å². The fourth-order valence-electron chi connectivity index (χ4n) is 3.03. The maximum atomic E-state index is 13.0. The number of carbonyl (C=O) groups excluding carboxylic acids is 1. The van der Waals surface area contributed by atoms with Gasteiger partial charge in [0.25, 0.3) is 5.56 Å². The third kappa shape index (κ3) is 2.73. The lowest BCUT2D eigenvalue weighted by atomic mass is 10.1. The molecule has 3 aromatic heterocycles. The minimum atomic E-state index is -0.415. The molecule has 0 aliphatic heterocycles. The van der Waals surface area contributed by atoms with Crippen LogP contribution in [0.15, 0.2) is 15.8 Å². The molecule has 0 saturated heterocycles. The van der Waals surface area contributed by atoms with Gasteiger partial charge in [-0.3, -0.25) is 23.1 Å². The van der Waals surface area contributed by atoms with E-state index in [0.29, 0.717) is 29.4 Å². The highest BCUT2D eigenvalue weighted by atomic mass is 16.5. The number of aromatic nitrogens is 5. The molecule has 3 heterocycles. The third-order valence-corrected chi connectivity index (χ3v) is 4.59. The minimum Gasteiger partial charge on any atom is -0.468 e. The SMILES string of the molecule is COC(=O)Cn1c(C)cn2c3c(=O)n(CCC(C)C)c(=O)n(C)c3nc12. The Morgan fingerprint density at radius 1 is 1.27 bits per heavy atom. The van der Waals surface area contributed by atoms with Crippen LogP contribution in [0.2, 0.25) is 0 Å². The molecule has 3 aromatic rings. The van der Waals surface area contributed by atoms with Crippen molar-refractivity contribution in [1.29, 1.82) is 0 Å². The molecule has 0 spiro atoms. The van der Waals surface area contributed by atoms with Gasteiger partial charge in [-0.05, 0) is 19.3 Å². The van der Waals surface area contributed by atoms with E-state index in [4.69, 9.17) is 4.74 Å². The topological polar surface area (TPSA) is 92.5 Å². The Labute approximate surface area is 149 Å². The van der Waals surface area contributed by atoms with Gasteiger partial charge in [-0.1, -0.05) is 13.8 Å². The summed E-state index contributed by atoms with van der Waals surface area (Å²) in [7, 11) is 2.91. The van der Waals surface area contributed by atoms with E-state index in [1.807, 2.05) is 20.8 Å². The summed E-state index contributed by atoms with van der Waals surface area (Å²) in [4.78, 5) is 41.7. The number of imidazole rings is 2. The van der Waals surface area contributed by atoms with Crippen molar-refractivity contribution in [1.82, 2.24) is 23.1 Å². The van der Waals surface area contributed by atoms with Crippen molar-refractivity contribution >= 4 is 22.9 Å². The normalized spacial score (nSPS) is 11.8. The van der Waals surface area contributed by atoms with Crippen LogP contribution < -0.4 is 11.2 Å². The molecular formula is C17H23N5O4. The molecule has 26 heavy (non-hydrogen) atoms. The van der Waals surface area contributed by atoms with Gasteiger partial charge in [0.1, 0.15) is 6.54 Å². The maximum Gasteiger partial charge on any atom is 0.332 e. The smallest absolute Gasteiger partial charge is 0.332 e. The zero-order chi connectivity index (χ0) is 19.2. The average Bonchev–Trinajstić information content (AvgIpc) is 3.09. The van der Waals surface area contributed by atoms with Crippen LogP contribution >= 0.6 is 0 Å². The molecule has 0 radical (unpaired) electrons. The van der Waals surface area contributed by atoms with Gasteiger partial charge in [-0.25, -0.2) is 4.79 Å². The van der Waals surface area contributed by atoms with Crippen LogP contribution in [0.4, 0.5) is 0 Å². The fourth-order valence-corrected chi connectivity index (χ4v) is 3.03. The van der Waals surface area contributed by atoms with Crippen LogP contribution in [-0.4, -0.2) is 36.2 Å². The lowest BCUT2D eigenvalue weighted by Crippen LogP contribution is -2.39. The highest BCUT2D eigenvalue weighted by Gasteiger charge is 2.21. The molecule has 140 valence electrons. The van der Waals surface area contributed by atoms with Crippen LogP contribution in [0.5, 0.6) is 0 Å². The Kier molecular flexibility index (Phi) is 4.47. The first kappa shape index (κ1) is 18.0. The first-order valence-corrected chi connectivity index (χ1v) is 8.50. The van der Waals surface area contributed by atoms with Crippen molar-refractivity contribution in [2.24, 2.45) is 13.0 Å². The molecule has 0 fully saturated rings. The molecule has 0 amide bonds. The van der Waals surface area contributed by atoms with E-state index in [1.165, 1.54) is 16.2 Å². The molecule has 9 heteroatoms. The number of methoxy groups -OCH3 is 1. The molecule has 0 N–H and O–H groups in total. The zero-order valence-electron chi connectivity index (χ0n) is 15.6. The summed E-state index contributed by atoms with van der Waals surface area (Å²) in [5, 5.41) is 0. The van der Waals surface area contributed by atoms with Gasteiger partial charge in [0.2, 0.25) is 5.78 Å². The van der Waals surface area contributed by atoms with Gasteiger partial charge >= 0.3 is 11.7 Å². The van der Waals surface area contributed by atoms with Gasteiger partial charge in [-0.15, -0.1) is 0 Å². The van der Waals surface area contributed by atoms with Gasteiger partial charge in [0, 0.05) is 25.5 Å². The largest absolute Gasteiger partial charge is 0.468 e. The minimum absolute atomic E-state index is 0.0162. The Morgan fingerprint density at radius 2 is 1.96 bits per heavy atom. The van der Waals surface area contributed by atoms with E-state index in [1.54, 1.807) is 22.2 Å². The standard InChI is InChI=1S/C17H23N5O4/c1-10(2)6-7-20-15(24)13-14(19(4)17(20)25)18-16-21(9-12(23)26-5)11(3)8-22(13)16/h8,10H,6-7,9H2,1-5H3.